The Balaban J connectivity index is 1.48. The molecule has 6 rings (SSSR count). The number of ether oxygens (including phenoxy) is 1. The van der Waals surface area contributed by atoms with E-state index in [-0.39, 0.29) is 11.6 Å². The van der Waals surface area contributed by atoms with Crippen LogP contribution in [0.2, 0.25) is 0 Å². The molecule has 1 aliphatic rings. The summed E-state index contributed by atoms with van der Waals surface area (Å²) in [6.07, 6.45) is 6.46. The van der Waals surface area contributed by atoms with Crippen molar-refractivity contribution in [2.45, 2.75) is 13.0 Å². The summed E-state index contributed by atoms with van der Waals surface area (Å²) in [4.78, 5) is 35.2. The first kappa shape index (κ1) is 20.4. The predicted molar refractivity (Wildman–Crippen MR) is 126 cm³/mol. The maximum Gasteiger partial charge on any atom is 0.261 e. The van der Waals surface area contributed by atoms with Crippen molar-refractivity contribution in [1.82, 2.24) is 34.7 Å². The Kier molecular flexibility index (Phi) is 4.80. The quantitative estimate of drug-likeness (QED) is 0.359. The summed E-state index contributed by atoms with van der Waals surface area (Å²) in [5.41, 5.74) is 4.07. The van der Waals surface area contributed by atoms with E-state index in [0.29, 0.717) is 47.0 Å². The minimum atomic E-state index is -0.282. The van der Waals surface area contributed by atoms with E-state index in [1.807, 2.05) is 20.0 Å². The van der Waals surface area contributed by atoms with Crippen molar-refractivity contribution in [3.8, 4) is 11.4 Å². The molecule has 34 heavy (non-hydrogen) atoms. The molecular formula is C22H23N9O3. The van der Waals surface area contributed by atoms with Gasteiger partial charge in [0.2, 0.25) is 0 Å². The van der Waals surface area contributed by atoms with Gasteiger partial charge in [0.25, 0.3) is 5.56 Å². The van der Waals surface area contributed by atoms with Crippen molar-refractivity contribution in [1.29, 1.82) is 0 Å². The molecule has 5 aromatic heterocycles. The number of rotatable bonds is 5. The summed E-state index contributed by atoms with van der Waals surface area (Å²) >= 11 is 0. The highest BCUT2D eigenvalue weighted by Gasteiger charge is 2.23. The molecule has 1 aliphatic heterocycles. The fourth-order valence-electron chi connectivity index (χ4n) is 4.26. The van der Waals surface area contributed by atoms with Gasteiger partial charge in [-0.15, -0.1) is 0 Å². The summed E-state index contributed by atoms with van der Waals surface area (Å²) < 4.78 is 12.2. The van der Waals surface area contributed by atoms with E-state index in [0.717, 1.165) is 29.9 Å². The van der Waals surface area contributed by atoms with Crippen LogP contribution in [-0.2, 0) is 11.8 Å². The van der Waals surface area contributed by atoms with Gasteiger partial charge in [0.1, 0.15) is 34.7 Å². The number of aromatic amines is 2. The molecule has 1 unspecified atom stereocenters. The molecule has 6 heterocycles. The molecule has 0 saturated carbocycles. The van der Waals surface area contributed by atoms with Crippen molar-refractivity contribution in [2.24, 2.45) is 7.05 Å². The molecule has 0 spiro atoms. The molecule has 0 aromatic carbocycles. The summed E-state index contributed by atoms with van der Waals surface area (Å²) in [5, 5.41) is 7.97. The Bertz CT molecular complexity index is 1530. The SMILES string of the molecule is CC(Nc1c(-c2nc3cc(N4CCOCC4)ncc3[nH]2)c(=O)[nH]c2cn(C)nc12)c1cocn1. The standard InChI is InChI=1S/C22H23N9O3/c1-12(16-10-34-11-24-16)25-20-18(22(32)28-15-9-30(2)29-19(15)20)21-26-13-7-17(23-8-14(13)27-21)31-3-5-33-6-4-31/h7-12,25H,3-6H2,1-2H3,(H,26,27)(H,28,32). The van der Waals surface area contributed by atoms with Gasteiger partial charge in [0, 0.05) is 32.4 Å². The molecule has 0 bridgehead atoms. The third-order valence-corrected chi connectivity index (χ3v) is 5.97. The van der Waals surface area contributed by atoms with Crippen LogP contribution in [0.25, 0.3) is 33.5 Å². The number of oxazole rings is 1. The van der Waals surface area contributed by atoms with Crippen molar-refractivity contribution >= 4 is 33.6 Å². The highest BCUT2D eigenvalue weighted by atomic mass is 16.5. The van der Waals surface area contributed by atoms with E-state index in [4.69, 9.17) is 14.1 Å². The first-order valence-electron chi connectivity index (χ1n) is 11.0. The molecule has 174 valence electrons. The highest BCUT2D eigenvalue weighted by molar-refractivity contribution is 5.96. The van der Waals surface area contributed by atoms with Crippen LogP contribution in [-0.4, -0.2) is 61.0 Å². The van der Waals surface area contributed by atoms with Crippen LogP contribution in [0, 0.1) is 0 Å². The second kappa shape index (κ2) is 7.99. The summed E-state index contributed by atoms with van der Waals surface area (Å²) in [6.45, 7) is 4.84. The molecule has 0 radical (unpaired) electrons. The van der Waals surface area contributed by atoms with Crippen LogP contribution in [0.15, 0.2) is 40.3 Å². The molecule has 0 amide bonds. The third-order valence-electron chi connectivity index (χ3n) is 5.97. The van der Waals surface area contributed by atoms with Gasteiger partial charge in [-0.1, -0.05) is 0 Å². The van der Waals surface area contributed by atoms with E-state index in [1.54, 1.807) is 23.3 Å². The Hall–Kier alpha value is -4.19. The Morgan fingerprint density at radius 2 is 2.03 bits per heavy atom. The van der Waals surface area contributed by atoms with Crippen molar-refractivity contribution in [3.63, 3.8) is 0 Å². The van der Waals surface area contributed by atoms with Gasteiger partial charge in [-0.25, -0.2) is 15.0 Å². The van der Waals surface area contributed by atoms with Crippen molar-refractivity contribution in [3.05, 3.63) is 47.2 Å². The normalized spacial score (nSPS) is 15.3. The maximum absolute atomic E-state index is 13.3. The fourth-order valence-corrected chi connectivity index (χ4v) is 4.26. The lowest BCUT2D eigenvalue weighted by molar-refractivity contribution is 0.122. The molecule has 12 nitrogen and oxygen atoms in total. The number of morpholine rings is 1. The predicted octanol–water partition coefficient (Wildman–Crippen LogP) is 2.20. The number of H-pyrrole nitrogens is 2. The number of fused-ring (bicyclic) bond motifs is 2. The third kappa shape index (κ3) is 3.48. The number of nitrogens with one attached hydrogen (secondary N) is 3. The largest absolute Gasteiger partial charge is 0.451 e. The number of hydrogen-bond donors (Lipinski definition) is 3. The van der Waals surface area contributed by atoms with Crippen LogP contribution >= 0.6 is 0 Å². The van der Waals surface area contributed by atoms with Gasteiger partial charge in [-0.2, -0.15) is 5.10 Å². The van der Waals surface area contributed by atoms with Gasteiger partial charge < -0.3 is 29.3 Å². The van der Waals surface area contributed by atoms with E-state index in [9.17, 15) is 4.79 Å². The van der Waals surface area contributed by atoms with E-state index in [2.05, 4.69) is 35.3 Å². The number of imidazole rings is 1. The number of aromatic nitrogens is 7. The number of hydrogen-bond acceptors (Lipinski definition) is 9. The van der Waals surface area contributed by atoms with Gasteiger partial charge in [-0.05, 0) is 6.92 Å². The average molecular weight is 461 g/mol. The van der Waals surface area contributed by atoms with Crippen molar-refractivity contribution in [2.75, 3.05) is 36.5 Å². The zero-order chi connectivity index (χ0) is 23.2. The fraction of sp³-hybridized carbons (Fsp3) is 0.318. The first-order valence-corrected chi connectivity index (χ1v) is 11.0. The molecule has 1 fully saturated rings. The molecule has 3 N–H and O–H groups in total. The van der Waals surface area contributed by atoms with Crippen LogP contribution in [0.1, 0.15) is 18.7 Å². The number of anilines is 2. The van der Waals surface area contributed by atoms with Gasteiger partial charge in [0.15, 0.2) is 6.39 Å². The van der Waals surface area contributed by atoms with Gasteiger partial charge in [-0.3, -0.25) is 9.48 Å². The number of nitrogens with zero attached hydrogens (tertiary/aromatic N) is 6. The Labute approximate surface area is 193 Å². The van der Waals surface area contributed by atoms with Crippen LogP contribution in [0.5, 0.6) is 0 Å². The molecule has 0 aliphatic carbocycles. The topological polar surface area (TPSA) is 143 Å². The zero-order valence-electron chi connectivity index (χ0n) is 18.7. The molecule has 1 atom stereocenters. The van der Waals surface area contributed by atoms with Crippen molar-refractivity contribution < 1.29 is 9.15 Å². The monoisotopic (exact) mass is 461 g/mol. The second-order valence-corrected chi connectivity index (χ2v) is 8.29. The first-order chi connectivity index (χ1) is 16.6. The van der Waals surface area contributed by atoms with E-state index >= 15 is 0 Å². The summed E-state index contributed by atoms with van der Waals surface area (Å²) in [5.74, 6) is 1.26. The Morgan fingerprint density at radius 1 is 1.18 bits per heavy atom. The smallest absolute Gasteiger partial charge is 0.261 e. The van der Waals surface area contributed by atoms with Gasteiger partial charge >= 0.3 is 0 Å². The maximum atomic E-state index is 13.3. The van der Waals surface area contributed by atoms with Crippen LogP contribution in [0.4, 0.5) is 11.5 Å². The minimum absolute atomic E-state index is 0.233. The summed E-state index contributed by atoms with van der Waals surface area (Å²) in [6, 6.07) is 1.70. The molecular weight excluding hydrogens is 438 g/mol. The van der Waals surface area contributed by atoms with Crippen LogP contribution < -0.4 is 15.8 Å². The molecule has 1 saturated heterocycles. The lowest BCUT2D eigenvalue weighted by atomic mass is 10.1. The zero-order valence-corrected chi connectivity index (χ0v) is 18.7. The number of aryl methyl sites for hydroxylation is 1. The summed E-state index contributed by atoms with van der Waals surface area (Å²) in [7, 11) is 1.81. The lowest BCUT2D eigenvalue weighted by Crippen LogP contribution is -2.36. The minimum Gasteiger partial charge on any atom is -0.451 e. The van der Waals surface area contributed by atoms with Crippen LogP contribution in [0.3, 0.4) is 0 Å². The highest BCUT2D eigenvalue weighted by Crippen LogP contribution is 2.32. The van der Waals surface area contributed by atoms with E-state index in [1.165, 1.54) is 6.39 Å². The molecule has 5 aromatic rings. The number of pyridine rings is 2. The molecule has 12 heteroatoms. The Morgan fingerprint density at radius 3 is 2.82 bits per heavy atom. The average Bonchev–Trinajstić information content (AvgIpc) is 3.58. The van der Waals surface area contributed by atoms with Gasteiger partial charge in [0.05, 0.1) is 47.7 Å². The second-order valence-electron chi connectivity index (χ2n) is 8.29. The van der Waals surface area contributed by atoms with E-state index < -0.39 is 0 Å². The lowest BCUT2D eigenvalue weighted by Gasteiger charge is -2.27.